The van der Waals surface area contributed by atoms with E-state index >= 15 is 0 Å². The molecule has 4 aromatic rings. The summed E-state index contributed by atoms with van der Waals surface area (Å²) in [6, 6.07) is 18.1. The molecule has 196 valence electrons. The first-order chi connectivity index (χ1) is 18.8. The molecule has 0 radical (unpaired) electrons. The third-order valence-electron chi connectivity index (χ3n) is 6.10. The average molecular weight is 526 g/mol. The first kappa shape index (κ1) is 25.5. The van der Waals surface area contributed by atoms with E-state index in [1.165, 1.54) is 19.2 Å². The monoisotopic (exact) mass is 525 g/mol. The van der Waals surface area contributed by atoms with E-state index in [2.05, 4.69) is 15.4 Å². The second kappa shape index (κ2) is 10.7. The summed E-state index contributed by atoms with van der Waals surface area (Å²) in [5, 5.41) is 10.3. The molecule has 3 aromatic carbocycles. The zero-order valence-electron chi connectivity index (χ0n) is 20.8. The van der Waals surface area contributed by atoms with Crippen LogP contribution in [0.4, 0.5) is 5.69 Å². The van der Waals surface area contributed by atoms with Crippen molar-refractivity contribution >= 4 is 29.4 Å². The minimum Gasteiger partial charge on any atom is -0.461 e. The van der Waals surface area contributed by atoms with Gasteiger partial charge in [-0.15, -0.1) is 0 Å². The van der Waals surface area contributed by atoms with Crippen molar-refractivity contribution < 1.29 is 28.7 Å². The molecule has 39 heavy (non-hydrogen) atoms. The van der Waals surface area contributed by atoms with E-state index in [9.17, 15) is 19.2 Å². The van der Waals surface area contributed by atoms with E-state index in [1.54, 1.807) is 30.3 Å². The van der Waals surface area contributed by atoms with Gasteiger partial charge in [-0.2, -0.15) is 15.4 Å². The van der Waals surface area contributed by atoms with Crippen LogP contribution >= 0.6 is 0 Å². The number of hydrogen-bond donors (Lipinski definition) is 2. The fraction of sp³-hybridized carbons (Fsp3) is 0.143. The van der Waals surface area contributed by atoms with Gasteiger partial charge in [-0.3, -0.25) is 14.4 Å². The Balaban J connectivity index is 1.48. The Labute approximate surface area is 222 Å². The number of aromatic nitrogens is 3. The quantitative estimate of drug-likeness (QED) is 0.200. The highest BCUT2D eigenvalue weighted by molar-refractivity contribution is 6.35. The zero-order valence-corrected chi connectivity index (χ0v) is 20.8. The van der Waals surface area contributed by atoms with Gasteiger partial charge < -0.3 is 15.2 Å². The number of carbonyl (C=O) groups is 4. The number of anilines is 1. The number of aromatic amines is 1. The number of amides is 2. The minimum atomic E-state index is -0.809. The van der Waals surface area contributed by atoms with Crippen molar-refractivity contribution in [3.05, 3.63) is 89.6 Å². The fourth-order valence-electron chi connectivity index (χ4n) is 4.14. The molecule has 1 atom stereocenters. The van der Waals surface area contributed by atoms with E-state index in [0.29, 0.717) is 16.8 Å². The number of nitrogens with two attached hydrogens (primary N) is 1. The molecule has 5 rings (SSSR count). The first-order valence-corrected chi connectivity index (χ1v) is 12.0. The van der Waals surface area contributed by atoms with Gasteiger partial charge in [-0.05, 0) is 42.3 Å². The number of ether oxygens (including phenoxy) is 2. The van der Waals surface area contributed by atoms with Gasteiger partial charge in [0.15, 0.2) is 0 Å². The van der Waals surface area contributed by atoms with E-state index in [-0.39, 0.29) is 35.6 Å². The molecule has 0 aliphatic carbocycles. The molecule has 2 heterocycles. The van der Waals surface area contributed by atoms with Gasteiger partial charge in [-0.1, -0.05) is 42.5 Å². The lowest BCUT2D eigenvalue weighted by Gasteiger charge is -2.19. The van der Waals surface area contributed by atoms with Crippen LogP contribution < -0.4 is 10.6 Å². The summed E-state index contributed by atoms with van der Waals surface area (Å²) in [4.78, 5) is 52.7. The van der Waals surface area contributed by atoms with Gasteiger partial charge >= 0.3 is 11.9 Å². The number of hydrogen-bond acceptors (Lipinski definition) is 9. The lowest BCUT2D eigenvalue weighted by Crippen LogP contribution is -2.31. The Morgan fingerprint density at radius 3 is 2.33 bits per heavy atom. The Bertz CT molecular complexity index is 1570. The van der Waals surface area contributed by atoms with Crippen molar-refractivity contribution in [2.45, 2.75) is 13.0 Å². The number of benzene rings is 3. The molecule has 0 spiro atoms. The van der Waals surface area contributed by atoms with E-state index < -0.39 is 29.8 Å². The standard InChI is InChI=1S/C28H23N5O6/c1-16(29)27(36)38-11-12-39-28(37)21-10-7-18(17-5-3-2-4-6-17)14-24(21)33-25(34)20-9-8-19(13-22(20)26(33)35)23-15-30-32-31-23/h2-10,13-16H,11-12,29H2,1H3,(H,30,31,32)/t16-/m0/s1. The van der Waals surface area contributed by atoms with E-state index in [0.717, 1.165) is 10.5 Å². The molecular formula is C28H23N5O6. The molecule has 1 aliphatic rings. The highest BCUT2D eigenvalue weighted by atomic mass is 16.6. The Kier molecular flexibility index (Phi) is 6.98. The molecule has 0 bridgehead atoms. The Morgan fingerprint density at radius 2 is 1.62 bits per heavy atom. The molecule has 3 N–H and O–H groups in total. The summed E-state index contributed by atoms with van der Waals surface area (Å²) >= 11 is 0. The second-order valence-corrected chi connectivity index (χ2v) is 8.75. The third kappa shape index (κ3) is 5.03. The SMILES string of the molecule is C[C@H](N)C(=O)OCCOC(=O)c1ccc(-c2ccccc2)cc1N1C(=O)c2ccc(-c3cn[nH]n3)cc2C1=O. The summed E-state index contributed by atoms with van der Waals surface area (Å²) in [5.74, 6) is -2.59. The lowest BCUT2D eigenvalue weighted by atomic mass is 10.0. The van der Waals surface area contributed by atoms with Gasteiger partial charge in [0.1, 0.15) is 24.9 Å². The zero-order chi connectivity index (χ0) is 27.5. The van der Waals surface area contributed by atoms with Crippen molar-refractivity contribution in [1.82, 2.24) is 15.4 Å². The van der Waals surface area contributed by atoms with Crippen LogP contribution in [-0.2, 0) is 14.3 Å². The Hall–Kier alpha value is -5.16. The van der Waals surface area contributed by atoms with Crippen LogP contribution in [0.15, 0.2) is 72.9 Å². The summed E-state index contributed by atoms with van der Waals surface area (Å²) in [6.07, 6.45) is 1.50. The predicted molar refractivity (Wildman–Crippen MR) is 140 cm³/mol. The van der Waals surface area contributed by atoms with Gasteiger partial charge in [0.05, 0.1) is 28.6 Å². The third-order valence-corrected chi connectivity index (χ3v) is 6.10. The molecule has 11 heteroatoms. The summed E-state index contributed by atoms with van der Waals surface area (Å²) in [7, 11) is 0. The lowest BCUT2D eigenvalue weighted by molar-refractivity contribution is -0.145. The highest BCUT2D eigenvalue weighted by Gasteiger charge is 2.39. The molecule has 11 nitrogen and oxygen atoms in total. The summed E-state index contributed by atoms with van der Waals surface area (Å²) < 4.78 is 10.2. The average Bonchev–Trinajstić information content (AvgIpc) is 3.58. The largest absolute Gasteiger partial charge is 0.461 e. The van der Waals surface area contributed by atoms with Crippen LogP contribution in [0.1, 0.15) is 38.0 Å². The number of nitrogens with one attached hydrogen (secondary N) is 1. The van der Waals surface area contributed by atoms with Crippen LogP contribution in [0.2, 0.25) is 0 Å². The normalized spacial score (nSPS) is 13.2. The number of nitrogens with zero attached hydrogens (tertiary/aromatic N) is 3. The predicted octanol–water partition coefficient (Wildman–Crippen LogP) is 2.99. The molecule has 0 saturated heterocycles. The van der Waals surface area contributed by atoms with E-state index in [4.69, 9.17) is 15.2 Å². The minimum absolute atomic E-state index is 0.000526. The molecule has 1 aromatic heterocycles. The summed E-state index contributed by atoms with van der Waals surface area (Å²) in [5.41, 5.74) is 8.53. The number of esters is 2. The first-order valence-electron chi connectivity index (χ1n) is 12.0. The molecule has 2 amide bonds. The number of H-pyrrole nitrogens is 1. The Morgan fingerprint density at radius 1 is 0.897 bits per heavy atom. The van der Waals surface area contributed by atoms with Crippen LogP contribution in [0.5, 0.6) is 0 Å². The maximum atomic E-state index is 13.6. The maximum Gasteiger partial charge on any atom is 0.340 e. The van der Waals surface area contributed by atoms with Gasteiger partial charge in [-0.25, -0.2) is 9.69 Å². The number of imide groups is 1. The smallest absolute Gasteiger partial charge is 0.340 e. The van der Waals surface area contributed by atoms with Crippen molar-refractivity contribution in [2.75, 3.05) is 18.1 Å². The number of rotatable bonds is 8. The fourth-order valence-corrected chi connectivity index (χ4v) is 4.14. The van der Waals surface area contributed by atoms with Crippen LogP contribution in [0.25, 0.3) is 22.4 Å². The topological polar surface area (TPSA) is 158 Å². The van der Waals surface area contributed by atoms with E-state index in [1.807, 2.05) is 30.3 Å². The van der Waals surface area contributed by atoms with Crippen molar-refractivity contribution in [3.8, 4) is 22.4 Å². The van der Waals surface area contributed by atoms with Gasteiger partial charge in [0.25, 0.3) is 11.8 Å². The molecule has 0 unspecified atom stereocenters. The molecular weight excluding hydrogens is 502 g/mol. The van der Waals surface area contributed by atoms with Crippen molar-refractivity contribution in [1.29, 1.82) is 0 Å². The molecule has 0 saturated carbocycles. The number of fused-ring (bicyclic) bond motifs is 1. The summed E-state index contributed by atoms with van der Waals surface area (Å²) in [6.45, 7) is 1.05. The maximum absolute atomic E-state index is 13.6. The van der Waals surface area contributed by atoms with Crippen LogP contribution in [0, 0.1) is 0 Å². The molecule has 0 fully saturated rings. The van der Waals surface area contributed by atoms with Crippen molar-refractivity contribution in [2.24, 2.45) is 5.73 Å². The van der Waals surface area contributed by atoms with Crippen LogP contribution in [0.3, 0.4) is 0 Å². The second-order valence-electron chi connectivity index (χ2n) is 8.75. The molecule has 1 aliphatic heterocycles. The van der Waals surface area contributed by atoms with Gasteiger partial charge in [0.2, 0.25) is 0 Å². The number of carbonyl (C=O) groups excluding carboxylic acids is 4. The van der Waals surface area contributed by atoms with Gasteiger partial charge in [0, 0.05) is 5.56 Å². The highest BCUT2D eigenvalue weighted by Crippen LogP contribution is 2.35. The van der Waals surface area contributed by atoms with Crippen molar-refractivity contribution in [3.63, 3.8) is 0 Å². The van der Waals surface area contributed by atoms with Crippen LogP contribution in [-0.4, -0.2) is 58.4 Å².